The minimum atomic E-state index is -0.582. The Bertz CT molecular complexity index is 621. The van der Waals surface area contributed by atoms with Crippen LogP contribution in [-0.2, 0) is 16.0 Å². The van der Waals surface area contributed by atoms with E-state index in [4.69, 9.17) is 9.47 Å². The third-order valence-electron chi connectivity index (χ3n) is 4.94. The molecule has 1 fully saturated rings. The predicted octanol–water partition coefficient (Wildman–Crippen LogP) is -0.454. The predicted molar refractivity (Wildman–Crippen MR) is 98.7 cm³/mol. The van der Waals surface area contributed by atoms with Crippen molar-refractivity contribution in [3.63, 3.8) is 0 Å². The number of rotatable bonds is 8. The summed E-state index contributed by atoms with van der Waals surface area (Å²) in [6.45, 7) is 5.30. The highest BCUT2D eigenvalue weighted by atomic mass is 16.5. The maximum atomic E-state index is 12.0. The highest BCUT2D eigenvalue weighted by Gasteiger charge is 2.27. The Morgan fingerprint density at radius 1 is 1.15 bits per heavy atom. The number of methoxy groups -OCH3 is 2. The van der Waals surface area contributed by atoms with Crippen LogP contribution in [0.5, 0.6) is 11.5 Å². The zero-order valence-corrected chi connectivity index (χ0v) is 15.9. The molecule has 0 radical (unpaired) electrons. The van der Waals surface area contributed by atoms with Gasteiger partial charge < -0.3 is 25.0 Å². The number of likely N-dealkylation sites (N-methyl/N-ethyl adjacent to an activating group) is 1. The smallest absolute Gasteiger partial charge is 0.309 e. The van der Waals surface area contributed by atoms with E-state index in [1.54, 1.807) is 14.2 Å². The lowest BCUT2D eigenvalue weighted by atomic mass is 10.1. The molecular formula is C19H30N3O4+. The highest BCUT2D eigenvalue weighted by Crippen LogP contribution is 2.27. The first-order valence-electron chi connectivity index (χ1n) is 9.20. The molecule has 26 heavy (non-hydrogen) atoms. The fourth-order valence-electron chi connectivity index (χ4n) is 3.43. The van der Waals surface area contributed by atoms with Gasteiger partial charge in [0.1, 0.15) is 6.04 Å². The highest BCUT2D eigenvalue weighted by molar-refractivity contribution is 6.35. The average molecular weight is 364 g/mol. The number of ether oxygens (including phenoxy) is 2. The van der Waals surface area contributed by atoms with Crippen LogP contribution in [0.3, 0.4) is 0 Å². The van der Waals surface area contributed by atoms with E-state index in [0.717, 1.165) is 25.1 Å². The number of amides is 2. The van der Waals surface area contributed by atoms with Crippen molar-refractivity contribution in [1.82, 2.24) is 10.6 Å². The minimum absolute atomic E-state index is 0.386. The molecule has 1 aromatic carbocycles. The van der Waals surface area contributed by atoms with E-state index < -0.39 is 11.8 Å². The van der Waals surface area contributed by atoms with E-state index in [2.05, 4.69) is 17.6 Å². The first kappa shape index (κ1) is 20.0. The Morgan fingerprint density at radius 2 is 1.88 bits per heavy atom. The Balaban J connectivity index is 1.73. The maximum absolute atomic E-state index is 12.0. The lowest BCUT2D eigenvalue weighted by Gasteiger charge is -2.19. The molecule has 144 valence electrons. The number of quaternary nitrogens is 1. The van der Waals surface area contributed by atoms with E-state index in [0.29, 0.717) is 37.1 Å². The summed E-state index contributed by atoms with van der Waals surface area (Å²) < 4.78 is 10.5. The van der Waals surface area contributed by atoms with Gasteiger partial charge in [0.2, 0.25) is 0 Å². The summed E-state index contributed by atoms with van der Waals surface area (Å²) in [5.74, 6) is 0.171. The van der Waals surface area contributed by atoms with Gasteiger partial charge in [-0.3, -0.25) is 9.59 Å². The Kier molecular flexibility index (Phi) is 7.72. The molecule has 1 aliphatic heterocycles. The van der Waals surface area contributed by atoms with Crippen molar-refractivity contribution in [1.29, 1.82) is 0 Å². The molecule has 2 rings (SSSR count). The van der Waals surface area contributed by atoms with Crippen LogP contribution in [0, 0.1) is 0 Å². The molecule has 1 unspecified atom stereocenters. The summed E-state index contributed by atoms with van der Waals surface area (Å²) in [4.78, 5) is 25.4. The van der Waals surface area contributed by atoms with Gasteiger partial charge in [-0.15, -0.1) is 0 Å². The molecule has 1 aliphatic rings. The molecule has 7 heteroatoms. The summed E-state index contributed by atoms with van der Waals surface area (Å²) >= 11 is 0. The number of likely N-dealkylation sites (tertiary alicyclic amines) is 1. The summed E-state index contributed by atoms with van der Waals surface area (Å²) in [7, 11) is 3.17. The van der Waals surface area contributed by atoms with Crippen LogP contribution in [-0.4, -0.2) is 58.3 Å². The van der Waals surface area contributed by atoms with E-state index in [9.17, 15) is 9.59 Å². The zero-order chi connectivity index (χ0) is 18.9. The quantitative estimate of drug-likeness (QED) is 0.546. The second-order valence-electron chi connectivity index (χ2n) is 6.51. The fourth-order valence-corrected chi connectivity index (χ4v) is 3.43. The van der Waals surface area contributed by atoms with Gasteiger partial charge >= 0.3 is 11.8 Å². The molecule has 7 nitrogen and oxygen atoms in total. The Labute approximate surface area is 155 Å². The molecule has 0 aliphatic carbocycles. The summed E-state index contributed by atoms with van der Waals surface area (Å²) in [5, 5.41) is 5.43. The minimum Gasteiger partial charge on any atom is -0.493 e. The number of carbonyl (C=O) groups excluding carboxylic acids is 2. The van der Waals surface area contributed by atoms with Crippen LogP contribution in [0.1, 0.15) is 25.3 Å². The number of benzene rings is 1. The standard InChI is InChI=1S/C19H29N3O4/c1-4-22-11-5-6-15(22)13-21-19(24)18(23)20-10-9-14-7-8-16(25-2)17(12-14)26-3/h7-8,12,15H,4-6,9-11,13H2,1-3H3,(H,20,23)(H,21,24)/p+1/t15-/m1/s1. The fraction of sp³-hybridized carbons (Fsp3) is 0.579. The van der Waals surface area contributed by atoms with Crippen molar-refractivity contribution in [2.24, 2.45) is 0 Å². The first-order valence-corrected chi connectivity index (χ1v) is 9.20. The number of carbonyl (C=O) groups is 2. The van der Waals surface area contributed by atoms with Gasteiger partial charge in [0, 0.05) is 19.4 Å². The van der Waals surface area contributed by atoms with Gasteiger partial charge in [0.05, 0.1) is 33.9 Å². The van der Waals surface area contributed by atoms with Gasteiger partial charge in [-0.05, 0) is 31.0 Å². The monoisotopic (exact) mass is 364 g/mol. The molecular weight excluding hydrogens is 334 g/mol. The lowest BCUT2D eigenvalue weighted by Crippen LogP contribution is -3.14. The summed E-state index contributed by atoms with van der Waals surface area (Å²) in [6, 6.07) is 6.03. The molecule has 0 spiro atoms. The number of hydrogen-bond acceptors (Lipinski definition) is 4. The molecule has 2 amide bonds. The normalized spacial score (nSPS) is 19.0. The lowest BCUT2D eigenvalue weighted by molar-refractivity contribution is -0.909. The summed E-state index contributed by atoms with van der Waals surface area (Å²) in [5.41, 5.74) is 0.997. The molecule has 2 atom stereocenters. The third-order valence-corrected chi connectivity index (χ3v) is 4.94. The Morgan fingerprint density at radius 3 is 2.58 bits per heavy atom. The number of nitrogens with one attached hydrogen (secondary N) is 3. The second kappa shape index (κ2) is 10.0. The van der Waals surface area contributed by atoms with E-state index in [1.165, 1.54) is 11.3 Å². The SMILES string of the molecule is CC[NH+]1CCC[C@@H]1CNC(=O)C(=O)NCCc1ccc(OC)c(OC)c1. The van der Waals surface area contributed by atoms with Crippen molar-refractivity contribution in [2.45, 2.75) is 32.2 Å². The zero-order valence-electron chi connectivity index (χ0n) is 15.9. The molecule has 0 saturated carbocycles. The molecule has 1 saturated heterocycles. The van der Waals surface area contributed by atoms with E-state index >= 15 is 0 Å². The van der Waals surface area contributed by atoms with Crippen LogP contribution in [0.2, 0.25) is 0 Å². The topological polar surface area (TPSA) is 81.1 Å². The van der Waals surface area contributed by atoms with Gasteiger partial charge in [-0.25, -0.2) is 0 Å². The van der Waals surface area contributed by atoms with E-state index in [1.807, 2.05) is 18.2 Å². The van der Waals surface area contributed by atoms with Gasteiger partial charge in [0.15, 0.2) is 11.5 Å². The first-order chi connectivity index (χ1) is 12.6. The Hall–Kier alpha value is -2.28. The van der Waals surface area contributed by atoms with Crippen molar-refractivity contribution < 1.29 is 24.0 Å². The van der Waals surface area contributed by atoms with Gasteiger partial charge in [0.25, 0.3) is 0 Å². The molecule has 1 heterocycles. The van der Waals surface area contributed by atoms with Crippen molar-refractivity contribution >= 4 is 11.8 Å². The van der Waals surface area contributed by atoms with Crippen LogP contribution in [0.15, 0.2) is 18.2 Å². The van der Waals surface area contributed by atoms with Crippen molar-refractivity contribution in [3.05, 3.63) is 23.8 Å². The maximum Gasteiger partial charge on any atom is 0.309 e. The third kappa shape index (κ3) is 5.36. The molecule has 3 N–H and O–H groups in total. The van der Waals surface area contributed by atoms with Crippen LogP contribution < -0.4 is 25.0 Å². The molecule has 0 aromatic heterocycles. The second-order valence-corrected chi connectivity index (χ2v) is 6.51. The largest absolute Gasteiger partial charge is 0.493 e. The number of hydrogen-bond donors (Lipinski definition) is 3. The van der Waals surface area contributed by atoms with Crippen molar-refractivity contribution in [2.75, 3.05) is 40.4 Å². The average Bonchev–Trinajstić information content (AvgIpc) is 3.13. The van der Waals surface area contributed by atoms with E-state index in [-0.39, 0.29) is 0 Å². The summed E-state index contributed by atoms with van der Waals surface area (Å²) in [6.07, 6.45) is 2.89. The van der Waals surface area contributed by atoms with Crippen LogP contribution >= 0.6 is 0 Å². The van der Waals surface area contributed by atoms with Crippen molar-refractivity contribution in [3.8, 4) is 11.5 Å². The van der Waals surface area contributed by atoms with Crippen LogP contribution in [0.4, 0.5) is 0 Å². The van der Waals surface area contributed by atoms with Gasteiger partial charge in [-0.2, -0.15) is 0 Å². The molecule has 1 aromatic rings. The molecule has 0 bridgehead atoms. The van der Waals surface area contributed by atoms with Crippen LogP contribution in [0.25, 0.3) is 0 Å². The van der Waals surface area contributed by atoms with Gasteiger partial charge in [-0.1, -0.05) is 6.07 Å².